The fourth-order valence-corrected chi connectivity index (χ4v) is 2.46. The van der Waals surface area contributed by atoms with E-state index >= 15 is 0 Å². The van der Waals surface area contributed by atoms with Gasteiger partial charge in [-0.15, -0.1) is 0 Å². The van der Waals surface area contributed by atoms with Crippen LogP contribution in [-0.4, -0.2) is 21.8 Å². The van der Waals surface area contributed by atoms with Crippen LogP contribution < -0.4 is 0 Å². The van der Waals surface area contributed by atoms with Crippen LogP contribution in [0.4, 0.5) is 0 Å². The molecule has 3 rings (SSSR count). The Labute approximate surface area is 116 Å². The molecule has 4 nitrogen and oxygen atoms in total. The van der Waals surface area contributed by atoms with Crippen LogP contribution in [0.5, 0.6) is 5.75 Å². The molecule has 0 aromatic heterocycles. The topological polar surface area (TPSA) is 57.6 Å². The van der Waals surface area contributed by atoms with Crippen LogP contribution >= 0.6 is 0 Å². The number of phenolic OH excluding ortho intramolecular Hbond substituents is 1. The third-order valence-corrected chi connectivity index (χ3v) is 3.59. The molecule has 1 heterocycles. The Morgan fingerprint density at radius 2 is 1.40 bits per heavy atom. The van der Waals surface area contributed by atoms with Crippen LogP contribution in [0.1, 0.15) is 39.2 Å². The van der Waals surface area contributed by atoms with Crippen molar-refractivity contribution in [3.8, 4) is 5.75 Å². The molecule has 0 radical (unpaired) electrons. The number of carbonyl (C=O) groups excluding carboxylic acids is 2. The van der Waals surface area contributed by atoms with Crippen LogP contribution in [0.25, 0.3) is 0 Å². The van der Waals surface area contributed by atoms with Gasteiger partial charge in [-0.3, -0.25) is 14.5 Å². The third-order valence-electron chi connectivity index (χ3n) is 3.59. The zero-order valence-electron chi connectivity index (χ0n) is 10.9. The highest BCUT2D eigenvalue weighted by molar-refractivity contribution is 6.21. The lowest BCUT2D eigenvalue weighted by Crippen LogP contribution is -2.32. The number of carbonyl (C=O) groups is 2. The van der Waals surface area contributed by atoms with E-state index < -0.39 is 0 Å². The van der Waals surface area contributed by atoms with Gasteiger partial charge in [0.25, 0.3) is 11.8 Å². The number of phenols is 1. The maximum atomic E-state index is 12.3. The van der Waals surface area contributed by atoms with Crippen LogP contribution in [0.15, 0.2) is 48.5 Å². The number of hydrogen-bond acceptors (Lipinski definition) is 3. The second kappa shape index (κ2) is 4.49. The average Bonchev–Trinajstić information content (AvgIpc) is 2.72. The Bertz CT molecular complexity index is 656. The number of hydrogen-bond donors (Lipinski definition) is 1. The van der Waals surface area contributed by atoms with Gasteiger partial charge in [0.15, 0.2) is 0 Å². The molecule has 20 heavy (non-hydrogen) atoms. The Balaban J connectivity index is 1.98. The van der Waals surface area contributed by atoms with Gasteiger partial charge < -0.3 is 5.11 Å². The first-order valence-corrected chi connectivity index (χ1v) is 6.35. The zero-order valence-corrected chi connectivity index (χ0v) is 10.9. The SMILES string of the molecule is CC(c1ccc(O)cc1)N1C(=O)c2ccccc2C1=O. The van der Waals surface area contributed by atoms with E-state index in [-0.39, 0.29) is 23.6 Å². The lowest BCUT2D eigenvalue weighted by Gasteiger charge is -2.22. The van der Waals surface area contributed by atoms with Crippen molar-refractivity contribution in [2.45, 2.75) is 13.0 Å². The summed E-state index contributed by atoms with van der Waals surface area (Å²) in [6, 6.07) is 13.0. The van der Waals surface area contributed by atoms with Gasteiger partial charge in [0.05, 0.1) is 17.2 Å². The number of benzene rings is 2. The monoisotopic (exact) mass is 267 g/mol. The van der Waals surface area contributed by atoms with Gasteiger partial charge in [0, 0.05) is 0 Å². The van der Waals surface area contributed by atoms with Crippen molar-refractivity contribution >= 4 is 11.8 Å². The normalized spacial score (nSPS) is 15.3. The number of fused-ring (bicyclic) bond motifs is 1. The van der Waals surface area contributed by atoms with E-state index in [2.05, 4.69) is 0 Å². The van der Waals surface area contributed by atoms with Gasteiger partial charge in [-0.05, 0) is 36.8 Å². The summed E-state index contributed by atoms with van der Waals surface area (Å²) in [6.07, 6.45) is 0. The average molecular weight is 267 g/mol. The number of rotatable bonds is 2. The standard InChI is InChI=1S/C16H13NO3/c1-10(11-6-8-12(18)9-7-11)17-15(19)13-4-2-3-5-14(13)16(17)20/h2-10,18H,1H3. The third kappa shape index (κ3) is 1.77. The van der Waals surface area contributed by atoms with Crippen molar-refractivity contribution in [2.24, 2.45) is 0 Å². The van der Waals surface area contributed by atoms with Gasteiger partial charge in [-0.2, -0.15) is 0 Å². The van der Waals surface area contributed by atoms with Crippen molar-refractivity contribution < 1.29 is 14.7 Å². The molecule has 1 N–H and O–H groups in total. The molecular formula is C16H13NO3. The van der Waals surface area contributed by atoms with Gasteiger partial charge in [-0.25, -0.2) is 0 Å². The highest BCUT2D eigenvalue weighted by atomic mass is 16.3. The molecule has 1 aliphatic heterocycles. The summed E-state index contributed by atoms with van der Waals surface area (Å²) in [4.78, 5) is 26.0. The van der Waals surface area contributed by atoms with E-state index in [9.17, 15) is 14.7 Å². The second-order valence-corrected chi connectivity index (χ2v) is 4.79. The molecule has 4 heteroatoms. The number of nitrogens with zero attached hydrogens (tertiary/aromatic N) is 1. The van der Waals surface area contributed by atoms with Gasteiger partial charge in [0.1, 0.15) is 5.75 Å². The quantitative estimate of drug-likeness (QED) is 0.851. The first-order valence-electron chi connectivity index (χ1n) is 6.35. The highest BCUT2D eigenvalue weighted by Crippen LogP contribution is 2.31. The van der Waals surface area contributed by atoms with Gasteiger partial charge in [-0.1, -0.05) is 24.3 Å². The number of imide groups is 1. The molecule has 1 unspecified atom stereocenters. The molecule has 1 aliphatic rings. The summed E-state index contributed by atoms with van der Waals surface area (Å²) in [5.74, 6) is -0.388. The molecule has 0 bridgehead atoms. The minimum absolute atomic E-state index is 0.156. The molecule has 0 aliphatic carbocycles. The van der Waals surface area contributed by atoms with E-state index in [4.69, 9.17) is 0 Å². The molecule has 100 valence electrons. The van der Waals surface area contributed by atoms with Crippen LogP contribution in [0, 0.1) is 0 Å². The van der Waals surface area contributed by atoms with Crippen LogP contribution in [-0.2, 0) is 0 Å². The largest absolute Gasteiger partial charge is 0.508 e. The first-order chi connectivity index (χ1) is 9.59. The molecule has 0 fully saturated rings. The van der Waals surface area contributed by atoms with E-state index in [0.717, 1.165) is 5.56 Å². The Morgan fingerprint density at radius 1 is 0.900 bits per heavy atom. The fourth-order valence-electron chi connectivity index (χ4n) is 2.46. The molecule has 1 atom stereocenters. The lowest BCUT2D eigenvalue weighted by atomic mass is 10.1. The summed E-state index contributed by atoms with van der Waals surface area (Å²) >= 11 is 0. The molecule has 0 saturated heterocycles. The van der Waals surface area contributed by atoms with Crippen LogP contribution in [0.2, 0.25) is 0 Å². The molecule has 2 amide bonds. The van der Waals surface area contributed by atoms with E-state index in [0.29, 0.717) is 11.1 Å². The summed E-state index contributed by atoms with van der Waals surface area (Å²) in [5, 5.41) is 9.30. The number of amides is 2. The van der Waals surface area contributed by atoms with E-state index in [1.807, 2.05) is 0 Å². The molecule has 0 spiro atoms. The van der Waals surface area contributed by atoms with Crippen molar-refractivity contribution in [2.75, 3.05) is 0 Å². The van der Waals surface area contributed by atoms with E-state index in [1.54, 1.807) is 55.5 Å². The van der Waals surface area contributed by atoms with Crippen molar-refractivity contribution in [3.63, 3.8) is 0 Å². The first kappa shape index (κ1) is 12.4. The Kier molecular flexibility index (Phi) is 2.79. The van der Waals surface area contributed by atoms with Crippen molar-refractivity contribution in [3.05, 3.63) is 65.2 Å². The van der Waals surface area contributed by atoms with Crippen molar-refractivity contribution in [1.82, 2.24) is 4.90 Å². The maximum Gasteiger partial charge on any atom is 0.262 e. The van der Waals surface area contributed by atoms with E-state index in [1.165, 1.54) is 4.90 Å². The van der Waals surface area contributed by atoms with Crippen molar-refractivity contribution in [1.29, 1.82) is 0 Å². The van der Waals surface area contributed by atoms with Crippen LogP contribution in [0.3, 0.4) is 0 Å². The lowest BCUT2D eigenvalue weighted by molar-refractivity contribution is 0.0595. The highest BCUT2D eigenvalue weighted by Gasteiger charge is 2.38. The predicted molar refractivity (Wildman–Crippen MR) is 73.5 cm³/mol. The summed E-state index contributed by atoms with van der Waals surface area (Å²) in [7, 11) is 0. The molecular weight excluding hydrogens is 254 g/mol. The molecule has 2 aromatic rings. The Morgan fingerprint density at radius 3 is 1.90 bits per heavy atom. The zero-order chi connectivity index (χ0) is 14.3. The predicted octanol–water partition coefficient (Wildman–Crippen LogP) is 2.75. The Hall–Kier alpha value is -2.62. The van der Waals surface area contributed by atoms with Gasteiger partial charge in [0.2, 0.25) is 0 Å². The minimum Gasteiger partial charge on any atom is -0.508 e. The maximum absolute atomic E-state index is 12.3. The summed E-state index contributed by atoms with van der Waals surface area (Å²) in [6.45, 7) is 1.80. The number of aromatic hydroxyl groups is 1. The second-order valence-electron chi connectivity index (χ2n) is 4.79. The fraction of sp³-hybridized carbons (Fsp3) is 0.125. The van der Waals surface area contributed by atoms with Gasteiger partial charge >= 0.3 is 0 Å². The summed E-state index contributed by atoms with van der Waals surface area (Å²) in [5.41, 5.74) is 1.70. The summed E-state index contributed by atoms with van der Waals surface area (Å²) < 4.78 is 0. The molecule has 2 aromatic carbocycles. The minimum atomic E-state index is -0.372. The molecule has 0 saturated carbocycles. The smallest absolute Gasteiger partial charge is 0.262 e.